The van der Waals surface area contributed by atoms with E-state index in [2.05, 4.69) is 65.2 Å². The topological polar surface area (TPSA) is 12.0 Å². The van der Waals surface area contributed by atoms with Crippen LogP contribution in [0.5, 0.6) is 0 Å². The van der Waals surface area contributed by atoms with Crippen molar-refractivity contribution in [2.24, 2.45) is 0 Å². The monoisotopic (exact) mass is 265 g/mol. The Bertz CT molecular complexity index is 410. The van der Waals surface area contributed by atoms with Gasteiger partial charge in [-0.3, -0.25) is 0 Å². The van der Waals surface area contributed by atoms with E-state index in [0.29, 0.717) is 10.8 Å². The number of benzene rings is 1. The first kappa shape index (κ1) is 15.6. The maximum atomic E-state index is 3.66. The van der Waals surface area contributed by atoms with Crippen LogP contribution >= 0.6 is 11.8 Å². The molecule has 0 aromatic heterocycles. The predicted octanol–water partition coefficient (Wildman–Crippen LogP) is 4.40. The Labute approximate surface area is 117 Å². The largest absolute Gasteiger partial charge is 0.309 e. The number of aryl methyl sites for hydroxylation is 3. The molecule has 1 aromatic carbocycles. The van der Waals surface area contributed by atoms with Crippen molar-refractivity contribution in [3.8, 4) is 0 Å². The molecule has 18 heavy (non-hydrogen) atoms. The Hall–Kier alpha value is -0.470. The lowest BCUT2D eigenvalue weighted by Crippen LogP contribution is -2.33. The van der Waals surface area contributed by atoms with E-state index in [4.69, 9.17) is 0 Å². The summed E-state index contributed by atoms with van der Waals surface area (Å²) in [6.07, 6.45) is 2.17. The summed E-state index contributed by atoms with van der Waals surface area (Å²) in [6.45, 7) is 14.4. The second kappa shape index (κ2) is 6.12. The molecule has 0 aliphatic carbocycles. The summed E-state index contributed by atoms with van der Waals surface area (Å²) in [5.74, 6) is 0. The molecule has 0 amide bonds. The molecule has 1 nitrogen and oxygen atoms in total. The van der Waals surface area contributed by atoms with Crippen molar-refractivity contribution in [3.05, 3.63) is 34.4 Å². The summed E-state index contributed by atoms with van der Waals surface area (Å²) in [5, 5.41) is 3.66. The smallest absolute Gasteiger partial charge is 0.0295 e. The Balaban J connectivity index is 2.79. The van der Waals surface area contributed by atoms with Gasteiger partial charge in [-0.2, -0.15) is 11.8 Å². The van der Waals surface area contributed by atoms with E-state index in [0.717, 1.165) is 6.54 Å². The maximum Gasteiger partial charge on any atom is 0.0295 e. The highest BCUT2D eigenvalue weighted by Crippen LogP contribution is 2.24. The first-order chi connectivity index (χ1) is 8.26. The second-order valence-corrected chi connectivity index (χ2v) is 7.37. The maximum absolute atomic E-state index is 3.66. The predicted molar refractivity (Wildman–Crippen MR) is 84.7 cm³/mol. The van der Waals surface area contributed by atoms with Crippen LogP contribution in [0.4, 0.5) is 0 Å². The molecule has 1 unspecified atom stereocenters. The van der Waals surface area contributed by atoms with Crippen molar-refractivity contribution >= 4 is 11.8 Å². The molecular formula is C16H27NS. The molecule has 0 spiro atoms. The molecule has 0 bridgehead atoms. The van der Waals surface area contributed by atoms with E-state index in [1.54, 1.807) is 0 Å². The average Bonchev–Trinajstić information content (AvgIpc) is 2.31. The molecule has 1 atom stereocenters. The fraction of sp³-hybridized carbons (Fsp3) is 0.625. The molecule has 1 aromatic rings. The van der Waals surface area contributed by atoms with Crippen LogP contribution in [0.3, 0.4) is 0 Å². The first-order valence-corrected chi connectivity index (χ1v) is 7.85. The van der Waals surface area contributed by atoms with Crippen LogP contribution in [0.1, 0.15) is 49.1 Å². The molecular weight excluding hydrogens is 238 g/mol. The molecule has 1 rings (SSSR count). The molecule has 0 aliphatic rings. The van der Waals surface area contributed by atoms with Crippen LogP contribution in [0.15, 0.2) is 12.1 Å². The summed E-state index contributed by atoms with van der Waals surface area (Å²) in [6, 6.07) is 5.03. The van der Waals surface area contributed by atoms with Gasteiger partial charge in [-0.15, -0.1) is 0 Å². The van der Waals surface area contributed by atoms with Gasteiger partial charge in [0.15, 0.2) is 0 Å². The van der Waals surface area contributed by atoms with Crippen LogP contribution in [0.2, 0.25) is 0 Å². The summed E-state index contributed by atoms with van der Waals surface area (Å²) >= 11 is 1.91. The molecule has 0 saturated carbocycles. The van der Waals surface area contributed by atoms with Gasteiger partial charge < -0.3 is 5.32 Å². The Morgan fingerprint density at radius 1 is 1.11 bits per heavy atom. The number of nitrogens with one attached hydrogen (secondary N) is 1. The third kappa shape index (κ3) is 4.03. The van der Waals surface area contributed by atoms with Gasteiger partial charge in [-0.05, 0) is 70.1 Å². The molecule has 0 aliphatic heterocycles. The van der Waals surface area contributed by atoms with Gasteiger partial charge in [0.1, 0.15) is 0 Å². The van der Waals surface area contributed by atoms with E-state index in [-0.39, 0.29) is 0 Å². The molecule has 0 radical (unpaired) electrons. The van der Waals surface area contributed by atoms with E-state index >= 15 is 0 Å². The first-order valence-electron chi connectivity index (χ1n) is 6.63. The minimum Gasteiger partial charge on any atom is -0.309 e. The van der Waals surface area contributed by atoms with Gasteiger partial charge in [0.2, 0.25) is 0 Å². The highest BCUT2D eigenvalue weighted by molar-refractivity contribution is 7.99. The van der Waals surface area contributed by atoms with Gasteiger partial charge in [-0.25, -0.2) is 0 Å². The second-order valence-electron chi connectivity index (χ2n) is 5.86. The van der Waals surface area contributed by atoms with Crippen LogP contribution < -0.4 is 5.32 Å². The lowest BCUT2D eigenvalue weighted by atomic mass is 9.96. The highest BCUT2D eigenvalue weighted by Gasteiger charge is 2.18. The van der Waals surface area contributed by atoms with Crippen molar-refractivity contribution in [2.45, 2.75) is 52.3 Å². The quantitative estimate of drug-likeness (QED) is 0.846. The van der Waals surface area contributed by atoms with Crippen LogP contribution in [0, 0.1) is 20.8 Å². The van der Waals surface area contributed by atoms with Crippen LogP contribution in [0.25, 0.3) is 0 Å². The van der Waals surface area contributed by atoms with Gasteiger partial charge >= 0.3 is 0 Å². The minimum atomic E-state index is 0.294. The van der Waals surface area contributed by atoms with E-state index in [9.17, 15) is 0 Å². The van der Waals surface area contributed by atoms with Crippen molar-refractivity contribution in [2.75, 3.05) is 12.8 Å². The normalized spacial score (nSPS) is 13.7. The Morgan fingerprint density at radius 2 is 1.67 bits per heavy atom. The zero-order valence-corrected chi connectivity index (χ0v) is 13.7. The standard InChI is InChI=1S/C16H27NS/c1-11-8-13(3)15(9-12(11)2)14(4)17-10-16(5,6)18-7/h8-9,14,17H,10H2,1-7H3. The van der Waals surface area contributed by atoms with Crippen molar-refractivity contribution < 1.29 is 0 Å². The van der Waals surface area contributed by atoms with E-state index < -0.39 is 0 Å². The lowest BCUT2D eigenvalue weighted by molar-refractivity contribution is 0.521. The SMILES string of the molecule is CSC(C)(C)CNC(C)c1cc(C)c(C)cc1C. The van der Waals surface area contributed by atoms with Crippen molar-refractivity contribution in [3.63, 3.8) is 0 Å². The van der Waals surface area contributed by atoms with E-state index in [1.807, 2.05) is 11.8 Å². The zero-order valence-electron chi connectivity index (χ0n) is 12.8. The molecule has 2 heteroatoms. The van der Waals surface area contributed by atoms with Crippen LogP contribution in [-0.4, -0.2) is 17.5 Å². The highest BCUT2D eigenvalue weighted by atomic mass is 32.2. The third-order valence-corrected chi connectivity index (χ3v) is 4.98. The van der Waals surface area contributed by atoms with Crippen molar-refractivity contribution in [1.82, 2.24) is 5.32 Å². The molecule has 0 fully saturated rings. The Morgan fingerprint density at radius 3 is 2.22 bits per heavy atom. The number of hydrogen-bond donors (Lipinski definition) is 1. The van der Waals surface area contributed by atoms with Gasteiger partial charge in [-0.1, -0.05) is 12.1 Å². The minimum absolute atomic E-state index is 0.294. The fourth-order valence-corrected chi connectivity index (χ4v) is 2.26. The summed E-state index contributed by atoms with van der Waals surface area (Å²) < 4.78 is 0.294. The van der Waals surface area contributed by atoms with Gasteiger partial charge in [0.05, 0.1) is 0 Å². The van der Waals surface area contributed by atoms with Gasteiger partial charge in [0.25, 0.3) is 0 Å². The number of thioether (sulfide) groups is 1. The zero-order chi connectivity index (χ0) is 13.9. The third-order valence-electron chi connectivity index (χ3n) is 3.74. The summed E-state index contributed by atoms with van der Waals surface area (Å²) in [7, 11) is 0. The number of hydrogen-bond acceptors (Lipinski definition) is 2. The van der Waals surface area contributed by atoms with Crippen molar-refractivity contribution in [1.29, 1.82) is 0 Å². The molecule has 102 valence electrons. The summed E-state index contributed by atoms with van der Waals surface area (Å²) in [4.78, 5) is 0. The Kier molecular flexibility index (Phi) is 5.30. The number of rotatable bonds is 5. The van der Waals surface area contributed by atoms with Gasteiger partial charge in [0, 0.05) is 17.3 Å². The molecule has 0 saturated heterocycles. The van der Waals surface area contributed by atoms with Crippen LogP contribution in [-0.2, 0) is 0 Å². The van der Waals surface area contributed by atoms with E-state index in [1.165, 1.54) is 22.3 Å². The molecule has 1 N–H and O–H groups in total. The average molecular weight is 265 g/mol. The summed E-state index contributed by atoms with van der Waals surface area (Å²) in [5.41, 5.74) is 5.58. The fourth-order valence-electron chi connectivity index (χ4n) is 2.03. The molecule has 0 heterocycles. The lowest BCUT2D eigenvalue weighted by Gasteiger charge is -2.26.